The first-order valence-electron chi connectivity index (χ1n) is 4.87. The lowest BCUT2D eigenvalue weighted by Gasteiger charge is -1.93. The molecule has 3 heteroatoms. The van der Waals surface area contributed by atoms with E-state index in [1.54, 1.807) is 12.4 Å². The SMILES string of the molecule is c1cc2ccc3c4nccnc4c(c1)n23. The zero-order chi connectivity index (χ0) is 9.83. The first kappa shape index (κ1) is 7.17. The molecule has 0 aliphatic rings. The summed E-state index contributed by atoms with van der Waals surface area (Å²) in [6, 6.07) is 10.4. The van der Waals surface area contributed by atoms with Gasteiger partial charge in [-0.1, -0.05) is 6.07 Å². The molecule has 0 saturated heterocycles. The van der Waals surface area contributed by atoms with E-state index in [4.69, 9.17) is 0 Å². The molecule has 4 aromatic heterocycles. The molecule has 0 radical (unpaired) electrons. The van der Waals surface area contributed by atoms with Crippen molar-refractivity contribution in [3.05, 3.63) is 42.7 Å². The van der Waals surface area contributed by atoms with Crippen LogP contribution in [0.3, 0.4) is 0 Å². The maximum atomic E-state index is 4.39. The first-order chi connectivity index (χ1) is 7.45. The van der Waals surface area contributed by atoms with Crippen molar-refractivity contribution in [2.45, 2.75) is 0 Å². The smallest absolute Gasteiger partial charge is 0.115 e. The molecule has 0 bridgehead atoms. The van der Waals surface area contributed by atoms with Gasteiger partial charge in [-0.25, -0.2) is 0 Å². The van der Waals surface area contributed by atoms with Crippen molar-refractivity contribution in [1.29, 1.82) is 0 Å². The van der Waals surface area contributed by atoms with Gasteiger partial charge in [-0.05, 0) is 24.3 Å². The fourth-order valence-corrected chi connectivity index (χ4v) is 2.25. The summed E-state index contributed by atoms with van der Waals surface area (Å²) < 4.78 is 2.20. The molecule has 0 amide bonds. The molecular formula is C12H7N3. The summed E-state index contributed by atoms with van der Waals surface area (Å²) in [7, 11) is 0. The molecule has 0 atom stereocenters. The fraction of sp³-hybridized carbons (Fsp3) is 0. The normalized spacial score (nSPS) is 12.0. The van der Waals surface area contributed by atoms with E-state index in [2.05, 4.69) is 44.7 Å². The molecule has 15 heavy (non-hydrogen) atoms. The minimum absolute atomic E-state index is 0.985. The van der Waals surface area contributed by atoms with E-state index in [1.807, 2.05) is 0 Å². The third-order valence-corrected chi connectivity index (χ3v) is 2.86. The Kier molecular flexibility index (Phi) is 1.08. The zero-order valence-electron chi connectivity index (χ0n) is 7.88. The van der Waals surface area contributed by atoms with Crippen LogP contribution < -0.4 is 0 Å². The Labute approximate surface area is 85.3 Å². The third kappa shape index (κ3) is 0.722. The van der Waals surface area contributed by atoms with Gasteiger partial charge >= 0.3 is 0 Å². The van der Waals surface area contributed by atoms with Gasteiger partial charge in [-0.15, -0.1) is 0 Å². The Morgan fingerprint density at radius 2 is 1.53 bits per heavy atom. The average Bonchev–Trinajstić information content (AvgIpc) is 2.85. The van der Waals surface area contributed by atoms with Crippen LogP contribution in [0.4, 0.5) is 0 Å². The molecule has 70 valence electrons. The number of hydrogen-bond donors (Lipinski definition) is 0. The van der Waals surface area contributed by atoms with Gasteiger partial charge in [0.15, 0.2) is 0 Å². The van der Waals surface area contributed by atoms with E-state index in [0.717, 1.165) is 22.1 Å². The van der Waals surface area contributed by atoms with Crippen molar-refractivity contribution in [1.82, 2.24) is 14.4 Å². The van der Waals surface area contributed by atoms with Crippen LogP contribution in [0.2, 0.25) is 0 Å². The standard InChI is InChI=1S/C12H7N3/c1-2-8-4-5-10-12-11(13-6-7-14-12)9(3-1)15(8)10/h1-7H. The number of fused-ring (bicyclic) bond motifs is 3. The van der Waals surface area contributed by atoms with Gasteiger partial charge in [-0.3, -0.25) is 9.97 Å². The van der Waals surface area contributed by atoms with Crippen LogP contribution in [0.25, 0.3) is 27.6 Å². The first-order valence-corrected chi connectivity index (χ1v) is 4.87. The molecule has 0 aliphatic heterocycles. The summed E-state index contributed by atoms with van der Waals surface area (Å²) in [4.78, 5) is 8.78. The minimum Gasteiger partial charge on any atom is -0.306 e. The van der Waals surface area contributed by atoms with E-state index in [-0.39, 0.29) is 0 Å². The topological polar surface area (TPSA) is 30.2 Å². The molecule has 0 unspecified atom stereocenters. The number of rotatable bonds is 0. The van der Waals surface area contributed by atoms with Gasteiger partial charge in [0, 0.05) is 17.9 Å². The quantitative estimate of drug-likeness (QED) is 0.429. The van der Waals surface area contributed by atoms with E-state index in [9.17, 15) is 0 Å². The minimum atomic E-state index is 0.985. The molecule has 3 nitrogen and oxygen atoms in total. The van der Waals surface area contributed by atoms with Crippen LogP contribution in [-0.2, 0) is 0 Å². The Hall–Kier alpha value is -2.16. The highest BCUT2D eigenvalue weighted by atomic mass is 15.0. The third-order valence-electron chi connectivity index (χ3n) is 2.86. The Morgan fingerprint density at radius 3 is 2.33 bits per heavy atom. The van der Waals surface area contributed by atoms with Crippen molar-refractivity contribution in [2.24, 2.45) is 0 Å². The van der Waals surface area contributed by atoms with Gasteiger partial charge in [0.25, 0.3) is 0 Å². The highest BCUT2D eigenvalue weighted by Crippen LogP contribution is 2.27. The maximum Gasteiger partial charge on any atom is 0.115 e. The molecule has 0 aliphatic carbocycles. The lowest BCUT2D eigenvalue weighted by Crippen LogP contribution is -1.80. The predicted molar refractivity (Wildman–Crippen MR) is 59.2 cm³/mol. The molecular weight excluding hydrogens is 186 g/mol. The summed E-state index contributed by atoms with van der Waals surface area (Å²) >= 11 is 0. The van der Waals surface area contributed by atoms with E-state index < -0.39 is 0 Å². The second kappa shape index (κ2) is 2.25. The van der Waals surface area contributed by atoms with Gasteiger partial charge in [0.1, 0.15) is 11.0 Å². The Bertz CT molecular complexity index is 748. The lowest BCUT2D eigenvalue weighted by molar-refractivity contribution is 1.31. The van der Waals surface area contributed by atoms with Crippen molar-refractivity contribution >= 4 is 27.6 Å². The molecule has 0 fully saturated rings. The number of pyridine rings is 1. The number of nitrogens with zero attached hydrogens (tertiary/aromatic N) is 3. The Balaban J connectivity index is 2.53. The highest BCUT2D eigenvalue weighted by molar-refractivity contribution is 6.05. The number of aromatic nitrogens is 3. The van der Waals surface area contributed by atoms with E-state index >= 15 is 0 Å². The summed E-state index contributed by atoms with van der Waals surface area (Å²) in [5, 5.41) is 0. The van der Waals surface area contributed by atoms with Crippen LogP contribution in [0.1, 0.15) is 0 Å². The van der Waals surface area contributed by atoms with Gasteiger partial charge in [-0.2, -0.15) is 0 Å². The predicted octanol–water partition coefficient (Wildman–Crippen LogP) is 2.47. The van der Waals surface area contributed by atoms with Crippen LogP contribution in [0, 0.1) is 0 Å². The number of hydrogen-bond acceptors (Lipinski definition) is 2. The zero-order valence-corrected chi connectivity index (χ0v) is 7.88. The highest BCUT2D eigenvalue weighted by Gasteiger charge is 2.11. The molecule has 4 rings (SSSR count). The molecule has 4 aromatic rings. The average molecular weight is 193 g/mol. The summed E-state index contributed by atoms with van der Waals surface area (Å²) in [6.45, 7) is 0. The van der Waals surface area contributed by atoms with Crippen LogP contribution in [0.15, 0.2) is 42.7 Å². The van der Waals surface area contributed by atoms with Crippen molar-refractivity contribution < 1.29 is 0 Å². The van der Waals surface area contributed by atoms with Gasteiger partial charge in [0.2, 0.25) is 0 Å². The monoisotopic (exact) mass is 193 g/mol. The molecule has 0 N–H and O–H groups in total. The fourth-order valence-electron chi connectivity index (χ4n) is 2.25. The van der Waals surface area contributed by atoms with E-state index in [0.29, 0.717) is 0 Å². The second-order valence-electron chi connectivity index (χ2n) is 3.64. The van der Waals surface area contributed by atoms with E-state index in [1.165, 1.54) is 5.52 Å². The maximum absolute atomic E-state index is 4.39. The second-order valence-corrected chi connectivity index (χ2v) is 3.64. The molecule has 0 spiro atoms. The molecule has 4 heterocycles. The van der Waals surface area contributed by atoms with Gasteiger partial charge in [0.05, 0.1) is 11.0 Å². The Morgan fingerprint density at radius 1 is 0.800 bits per heavy atom. The van der Waals surface area contributed by atoms with Crippen molar-refractivity contribution in [2.75, 3.05) is 0 Å². The van der Waals surface area contributed by atoms with Crippen LogP contribution >= 0.6 is 0 Å². The van der Waals surface area contributed by atoms with Crippen molar-refractivity contribution in [3.63, 3.8) is 0 Å². The summed E-state index contributed by atoms with van der Waals surface area (Å²) in [6.07, 6.45) is 3.48. The summed E-state index contributed by atoms with van der Waals surface area (Å²) in [5.74, 6) is 0. The van der Waals surface area contributed by atoms with Crippen molar-refractivity contribution in [3.8, 4) is 0 Å². The molecule has 0 saturated carbocycles. The molecule has 0 aromatic carbocycles. The van der Waals surface area contributed by atoms with Crippen LogP contribution in [-0.4, -0.2) is 14.4 Å². The van der Waals surface area contributed by atoms with Crippen LogP contribution in [0.5, 0.6) is 0 Å². The van der Waals surface area contributed by atoms with Gasteiger partial charge < -0.3 is 4.40 Å². The lowest BCUT2D eigenvalue weighted by atomic mass is 10.3. The summed E-state index contributed by atoms with van der Waals surface area (Å²) in [5.41, 5.74) is 5.44. The largest absolute Gasteiger partial charge is 0.306 e.